The summed E-state index contributed by atoms with van der Waals surface area (Å²) in [6.07, 6.45) is 4.36. The lowest BCUT2D eigenvalue weighted by Crippen LogP contribution is -2.25. The number of aromatic nitrogens is 3. The number of hydrogen-bond acceptors (Lipinski definition) is 4. The molecule has 26 heavy (non-hydrogen) atoms. The lowest BCUT2D eigenvalue weighted by atomic mass is 10.2. The van der Waals surface area contributed by atoms with Crippen LogP contribution in [0.1, 0.15) is 27.8 Å². The molecule has 9 heteroatoms. The monoisotopic (exact) mass is 359 g/mol. The number of carbonyl (C=O) groups is 2. The van der Waals surface area contributed by atoms with E-state index in [-0.39, 0.29) is 19.4 Å². The molecule has 0 radical (unpaired) electrons. The fraction of sp³-hybridized carbons (Fsp3) is 0.0588. The first kappa shape index (κ1) is 17.2. The van der Waals surface area contributed by atoms with Gasteiger partial charge in [-0.15, -0.1) is 0 Å². The molecule has 0 atom stereocenters. The van der Waals surface area contributed by atoms with Crippen molar-refractivity contribution in [1.29, 1.82) is 0 Å². The number of rotatable bonds is 5. The summed E-state index contributed by atoms with van der Waals surface area (Å²) in [6, 6.07) is 6.55. The van der Waals surface area contributed by atoms with E-state index in [9.17, 15) is 18.4 Å². The maximum atomic E-state index is 13.7. The molecule has 0 fully saturated rings. The number of carbonyl (C=O) groups excluding carboxylic acids is 2. The lowest BCUT2D eigenvalue weighted by molar-refractivity contribution is 0.0946. The van der Waals surface area contributed by atoms with E-state index in [1.54, 1.807) is 24.5 Å². The highest BCUT2D eigenvalue weighted by atomic mass is 19.1. The van der Waals surface area contributed by atoms with Crippen LogP contribution >= 0.6 is 0 Å². The smallest absolute Gasteiger partial charge is 0.271 e. The van der Waals surface area contributed by atoms with Gasteiger partial charge in [-0.1, -0.05) is 6.07 Å². The Morgan fingerprint density at radius 3 is 2.46 bits per heavy atom. The topological polar surface area (TPSA) is 99.8 Å². The molecular weight excluding hydrogens is 344 g/mol. The first-order chi connectivity index (χ1) is 12.6. The van der Waals surface area contributed by atoms with Crippen LogP contribution in [0, 0.1) is 11.6 Å². The number of benzene rings is 1. The SMILES string of the molecule is O=C(NCc1ccncc1)c1[nH]ncc1NC(=O)c1c(F)cccc1F.[HH]. The molecule has 134 valence electrons. The van der Waals surface area contributed by atoms with Crippen molar-refractivity contribution in [2.75, 3.05) is 5.32 Å². The predicted molar refractivity (Wildman–Crippen MR) is 90.4 cm³/mol. The zero-order valence-electron chi connectivity index (χ0n) is 13.3. The molecule has 0 aliphatic heterocycles. The fourth-order valence-corrected chi connectivity index (χ4v) is 2.22. The molecule has 0 saturated heterocycles. The van der Waals surface area contributed by atoms with Crippen LogP contribution in [0.15, 0.2) is 48.9 Å². The number of amides is 2. The number of H-pyrrole nitrogens is 1. The van der Waals surface area contributed by atoms with Crippen LogP contribution in [0.2, 0.25) is 0 Å². The van der Waals surface area contributed by atoms with E-state index >= 15 is 0 Å². The van der Waals surface area contributed by atoms with E-state index in [1.807, 2.05) is 0 Å². The quantitative estimate of drug-likeness (QED) is 0.652. The maximum absolute atomic E-state index is 13.7. The van der Waals surface area contributed by atoms with Gasteiger partial charge in [0.2, 0.25) is 0 Å². The van der Waals surface area contributed by atoms with Crippen molar-refractivity contribution in [3.63, 3.8) is 0 Å². The Bertz CT molecular complexity index is 929. The van der Waals surface area contributed by atoms with Crippen molar-refractivity contribution >= 4 is 17.5 Å². The van der Waals surface area contributed by atoms with E-state index in [4.69, 9.17) is 0 Å². The van der Waals surface area contributed by atoms with Crippen LogP contribution in [0.3, 0.4) is 0 Å². The van der Waals surface area contributed by atoms with Gasteiger partial charge >= 0.3 is 0 Å². The number of halogens is 2. The average molecular weight is 359 g/mol. The Kier molecular flexibility index (Phi) is 4.97. The molecule has 3 rings (SSSR count). The molecule has 0 saturated carbocycles. The Balaban J connectivity index is 0.00000261. The third kappa shape index (κ3) is 3.72. The molecule has 7 nitrogen and oxygen atoms in total. The van der Waals surface area contributed by atoms with E-state index in [1.165, 1.54) is 6.20 Å². The van der Waals surface area contributed by atoms with Crippen molar-refractivity contribution in [1.82, 2.24) is 20.5 Å². The third-order valence-corrected chi connectivity index (χ3v) is 3.51. The minimum Gasteiger partial charge on any atom is -0.347 e. The van der Waals surface area contributed by atoms with Crippen LogP contribution < -0.4 is 10.6 Å². The van der Waals surface area contributed by atoms with Crippen LogP contribution in [0.5, 0.6) is 0 Å². The molecule has 0 bridgehead atoms. The molecule has 1 aromatic carbocycles. The van der Waals surface area contributed by atoms with Gasteiger partial charge < -0.3 is 10.6 Å². The largest absolute Gasteiger partial charge is 0.347 e. The summed E-state index contributed by atoms with van der Waals surface area (Å²) in [5.74, 6) is -3.57. The Morgan fingerprint density at radius 1 is 1.08 bits per heavy atom. The second-order valence-electron chi connectivity index (χ2n) is 5.25. The zero-order chi connectivity index (χ0) is 18.5. The molecule has 0 aliphatic rings. The normalized spacial score (nSPS) is 10.4. The first-order valence-electron chi connectivity index (χ1n) is 7.52. The van der Waals surface area contributed by atoms with Crippen molar-refractivity contribution in [3.05, 3.63) is 77.4 Å². The van der Waals surface area contributed by atoms with Gasteiger partial charge in [0, 0.05) is 20.4 Å². The number of anilines is 1. The van der Waals surface area contributed by atoms with E-state index in [0.29, 0.717) is 0 Å². The molecule has 0 unspecified atom stereocenters. The van der Waals surface area contributed by atoms with Crippen LogP contribution in [-0.4, -0.2) is 27.0 Å². The van der Waals surface area contributed by atoms with Gasteiger partial charge in [-0.05, 0) is 29.8 Å². The highest BCUT2D eigenvalue weighted by molar-refractivity contribution is 6.08. The van der Waals surface area contributed by atoms with Crippen LogP contribution in [0.25, 0.3) is 0 Å². The van der Waals surface area contributed by atoms with E-state index in [2.05, 4.69) is 25.8 Å². The van der Waals surface area contributed by atoms with Gasteiger partial charge in [-0.3, -0.25) is 19.7 Å². The summed E-state index contributed by atoms with van der Waals surface area (Å²) in [6.45, 7) is 0.232. The summed E-state index contributed by atoms with van der Waals surface area (Å²) in [5, 5.41) is 11.1. The molecule has 2 heterocycles. The summed E-state index contributed by atoms with van der Waals surface area (Å²) in [4.78, 5) is 28.3. The van der Waals surface area contributed by atoms with Gasteiger partial charge in [0.05, 0.1) is 11.9 Å². The molecule has 3 aromatic rings. The minimum absolute atomic E-state index is 0. The highest BCUT2D eigenvalue weighted by Gasteiger charge is 2.21. The second kappa shape index (κ2) is 7.51. The van der Waals surface area contributed by atoms with Crippen molar-refractivity contribution < 1.29 is 19.8 Å². The first-order valence-corrected chi connectivity index (χ1v) is 7.52. The van der Waals surface area contributed by atoms with E-state index < -0.39 is 29.0 Å². The number of nitrogens with one attached hydrogen (secondary N) is 3. The molecule has 3 N–H and O–H groups in total. The number of aromatic amines is 1. The Labute approximate surface area is 147 Å². The van der Waals surface area contributed by atoms with Crippen molar-refractivity contribution in [2.45, 2.75) is 6.54 Å². The van der Waals surface area contributed by atoms with Crippen LogP contribution in [-0.2, 0) is 6.54 Å². The number of hydrogen-bond donors (Lipinski definition) is 3. The Morgan fingerprint density at radius 2 is 1.77 bits per heavy atom. The van der Waals surface area contributed by atoms with Gasteiger partial charge in [-0.25, -0.2) is 8.78 Å². The summed E-state index contributed by atoms with van der Waals surface area (Å²) < 4.78 is 27.4. The zero-order valence-corrected chi connectivity index (χ0v) is 13.3. The Hall–Kier alpha value is -3.62. The third-order valence-electron chi connectivity index (χ3n) is 3.51. The van der Waals surface area contributed by atoms with Gasteiger partial charge in [0.25, 0.3) is 11.8 Å². The maximum Gasteiger partial charge on any atom is 0.271 e. The predicted octanol–water partition coefficient (Wildman–Crippen LogP) is 2.51. The van der Waals surface area contributed by atoms with Gasteiger partial charge in [-0.2, -0.15) is 5.10 Å². The summed E-state index contributed by atoms with van der Waals surface area (Å²) >= 11 is 0. The molecule has 0 spiro atoms. The number of nitrogens with zero attached hydrogens (tertiary/aromatic N) is 2. The lowest BCUT2D eigenvalue weighted by Gasteiger charge is -2.08. The van der Waals surface area contributed by atoms with Crippen molar-refractivity contribution in [3.8, 4) is 0 Å². The minimum atomic E-state index is -1.02. The fourth-order valence-electron chi connectivity index (χ4n) is 2.22. The van der Waals surface area contributed by atoms with Crippen LogP contribution in [0.4, 0.5) is 14.5 Å². The summed E-state index contributed by atoms with van der Waals surface area (Å²) in [5.41, 5.74) is 0.0535. The van der Waals surface area contributed by atoms with Crippen molar-refractivity contribution in [2.24, 2.45) is 0 Å². The van der Waals surface area contributed by atoms with E-state index in [0.717, 1.165) is 23.8 Å². The summed E-state index contributed by atoms with van der Waals surface area (Å²) in [7, 11) is 0. The van der Waals surface area contributed by atoms with Gasteiger partial charge in [0.1, 0.15) is 22.9 Å². The molecule has 2 aromatic heterocycles. The molecule has 2 amide bonds. The van der Waals surface area contributed by atoms with Gasteiger partial charge in [0.15, 0.2) is 0 Å². The second-order valence-corrected chi connectivity index (χ2v) is 5.25. The number of pyridine rings is 1. The standard InChI is InChI=1S/C17H13F2N5O2.H2/c18-11-2-1-3-12(19)14(11)16(25)23-13-9-22-24-15(13)17(26)21-8-10-4-6-20-7-5-10;/h1-7,9H,8H2,(H,21,26)(H,22,24)(H,23,25);1H. The molecular formula is C17H15F2N5O2. The average Bonchev–Trinajstić information content (AvgIpc) is 3.08. The highest BCUT2D eigenvalue weighted by Crippen LogP contribution is 2.17. The molecule has 0 aliphatic carbocycles.